The highest BCUT2D eigenvalue weighted by Crippen LogP contribution is 2.31. The molecule has 0 saturated heterocycles. The van der Waals surface area contributed by atoms with Gasteiger partial charge in [-0.2, -0.15) is 8.78 Å². The molecule has 1 unspecified atom stereocenters. The van der Waals surface area contributed by atoms with Gasteiger partial charge in [-0.15, -0.1) is 0 Å². The summed E-state index contributed by atoms with van der Waals surface area (Å²) < 4.78 is 25.2. The Morgan fingerprint density at radius 3 is 2.14 bits per heavy atom. The predicted octanol–water partition coefficient (Wildman–Crippen LogP) is 2.22. The Morgan fingerprint density at radius 2 is 1.86 bits per heavy atom. The minimum Gasteiger partial charge on any atom is -0.299 e. The van der Waals surface area contributed by atoms with Crippen LogP contribution in [-0.4, -0.2) is 17.5 Å². The first kappa shape index (κ1) is 11.3. The zero-order valence-electron chi connectivity index (χ0n) is 8.35. The van der Waals surface area contributed by atoms with E-state index in [0.29, 0.717) is 6.92 Å². The van der Waals surface area contributed by atoms with Gasteiger partial charge in [0.25, 0.3) is 0 Å². The van der Waals surface area contributed by atoms with Crippen molar-refractivity contribution >= 4 is 11.6 Å². The molecule has 0 bridgehead atoms. The number of ketones is 2. The van der Waals surface area contributed by atoms with Gasteiger partial charge in [-0.05, 0) is 19.8 Å². The number of hydrogen-bond acceptors (Lipinski definition) is 2. The molecule has 0 aromatic heterocycles. The van der Waals surface area contributed by atoms with Gasteiger partial charge in [0, 0.05) is 12.8 Å². The fraction of sp³-hybridized carbons (Fsp3) is 0.800. The number of carbonyl (C=O) groups excluding carboxylic acids is 2. The van der Waals surface area contributed by atoms with Crippen molar-refractivity contribution < 1.29 is 18.4 Å². The topological polar surface area (TPSA) is 34.1 Å². The van der Waals surface area contributed by atoms with Crippen LogP contribution in [0.1, 0.15) is 33.1 Å². The van der Waals surface area contributed by atoms with Gasteiger partial charge in [-0.25, -0.2) is 0 Å². The monoisotopic (exact) mass is 204 g/mol. The lowest BCUT2D eigenvalue weighted by atomic mass is 9.77. The molecule has 0 spiro atoms. The minimum atomic E-state index is -3.39. The Hall–Kier alpha value is -0.800. The van der Waals surface area contributed by atoms with Crippen molar-refractivity contribution in [3.8, 4) is 0 Å². The van der Waals surface area contributed by atoms with E-state index >= 15 is 0 Å². The van der Waals surface area contributed by atoms with Crippen molar-refractivity contribution in [2.45, 2.75) is 39.0 Å². The molecule has 0 N–H and O–H groups in total. The molecule has 0 radical (unpaired) electrons. The predicted molar refractivity (Wildman–Crippen MR) is 47.1 cm³/mol. The lowest BCUT2D eigenvalue weighted by Crippen LogP contribution is -2.38. The summed E-state index contributed by atoms with van der Waals surface area (Å²) in [5.74, 6) is -6.27. The Bertz CT molecular complexity index is 251. The second-order valence-corrected chi connectivity index (χ2v) is 4.00. The molecule has 14 heavy (non-hydrogen) atoms. The smallest absolute Gasteiger partial charge is 0.299 e. The second-order valence-electron chi connectivity index (χ2n) is 4.00. The average molecular weight is 204 g/mol. The van der Waals surface area contributed by atoms with Crippen molar-refractivity contribution in [1.82, 2.24) is 0 Å². The number of hydrogen-bond donors (Lipinski definition) is 0. The van der Waals surface area contributed by atoms with Crippen LogP contribution in [0.3, 0.4) is 0 Å². The Labute approximate surface area is 81.7 Å². The van der Waals surface area contributed by atoms with Crippen LogP contribution in [0.4, 0.5) is 8.78 Å². The van der Waals surface area contributed by atoms with Crippen molar-refractivity contribution in [2.75, 3.05) is 0 Å². The summed E-state index contributed by atoms with van der Waals surface area (Å²) in [7, 11) is 0. The van der Waals surface area contributed by atoms with Crippen molar-refractivity contribution in [1.29, 1.82) is 0 Å². The lowest BCUT2D eigenvalue weighted by molar-refractivity contribution is -0.150. The molecule has 1 aliphatic rings. The Morgan fingerprint density at radius 1 is 1.36 bits per heavy atom. The van der Waals surface area contributed by atoms with E-state index < -0.39 is 17.6 Å². The first-order valence-corrected chi connectivity index (χ1v) is 4.80. The number of Topliss-reactive ketones (excluding diaryl/α,β-unsaturated/α-hetero) is 2. The molecule has 2 nitrogen and oxygen atoms in total. The van der Waals surface area contributed by atoms with Crippen molar-refractivity contribution in [3.63, 3.8) is 0 Å². The van der Waals surface area contributed by atoms with E-state index in [-0.39, 0.29) is 11.7 Å². The zero-order chi connectivity index (χ0) is 10.9. The van der Waals surface area contributed by atoms with E-state index in [0.717, 1.165) is 19.3 Å². The van der Waals surface area contributed by atoms with Crippen LogP contribution in [0, 0.1) is 11.8 Å². The van der Waals surface area contributed by atoms with Crippen LogP contribution in [0.25, 0.3) is 0 Å². The molecule has 0 aliphatic heterocycles. The number of carbonyl (C=O) groups is 2. The maximum absolute atomic E-state index is 12.6. The molecule has 80 valence electrons. The third kappa shape index (κ3) is 2.16. The third-order valence-electron chi connectivity index (χ3n) is 2.76. The summed E-state index contributed by atoms with van der Waals surface area (Å²) in [5.41, 5.74) is 0. The molecule has 0 aromatic rings. The minimum absolute atomic E-state index is 0.156. The lowest BCUT2D eigenvalue weighted by Gasteiger charge is -2.27. The number of alkyl halides is 2. The van der Waals surface area contributed by atoms with E-state index in [9.17, 15) is 18.4 Å². The van der Waals surface area contributed by atoms with Crippen LogP contribution in [0.5, 0.6) is 0 Å². The molecule has 4 heteroatoms. The van der Waals surface area contributed by atoms with Crippen LogP contribution in [-0.2, 0) is 9.59 Å². The van der Waals surface area contributed by atoms with Crippen LogP contribution in [0.15, 0.2) is 0 Å². The summed E-state index contributed by atoms with van der Waals surface area (Å²) in [5, 5.41) is 0. The second kappa shape index (κ2) is 3.75. The van der Waals surface area contributed by atoms with E-state index in [1.807, 2.05) is 0 Å². The summed E-state index contributed by atoms with van der Waals surface area (Å²) in [6.07, 6.45) is 2.44. The highest BCUT2D eigenvalue weighted by atomic mass is 19.3. The van der Waals surface area contributed by atoms with Gasteiger partial charge < -0.3 is 0 Å². The van der Waals surface area contributed by atoms with Crippen LogP contribution >= 0.6 is 0 Å². The molecular formula is C10H14F2O2. The highest BCUT2D eigenvalue weighted by Gasteiger charge is 2.41. The molecule has 1 fully saturated rings. The zero-order valence-corrected chi connectivity index (χ0v) is 8.35. The molecule has 0 aromatic carbocycles. The van der Waals surface area contributed by atoms with Crippen LogP contribution in [0.2, 0.25) is 0 Å². The normalized spacial score (nSPS) is 20.0. The summed E-state index contributed by atoms with van der Waals surface area (Å²) in [4.78, 5) is 22.5. The SMILES string of the molecule is CC(C(=O)C1CCC1)C(=O)C(C)(F)F. The number of halogens is 2. The first-order valence-electron chi connectivity index (χ1n) is 4.80. The van der Waals surface area contributed by atoms with Gasteiger partial charge in [0.1, 0.15) is 5.78 Å². The molecule has 0 amide bonds. The van der Waals surface area contributed by atoms with E-state index in [2.05, 4.69) is 0 Å². The fourth-order valence-electron chi connectivity index (χ4n) is 1.56. The quantitative estimate of drug-likeness (QED) is 0.658. The number of rotatable bonds is 4. The maximum Gasteiger partial charge on any atom is 0.303 e. The molecular weight excluding hydrogens is 190 g/mol. The van der Waals surface area contributed by atoms with Gasteiger partial charge >= 0.3 is 5.92 Å². The van der Waals surface area contributed by atoms with Gasteiger partial charge in [0.15, 0.2) is 0 Å². The van der Waals surface area contributed by atoms with E-state index in [1.165, 1.54) is 6.92 Å². The van der Waals surface area contributed by atoms with Crippen LogP contribution < -0.4 is 0 Å². The Kier molecular flexibility index (Phi) is 3.02. The Balaban J connectivity index is 2.60. The summed E-state index contributed by atoms with van der Waals surface area (Å²) in [6, 6.07) is 0. The van der Waals surface area contributed by atoms with Gasteiger partial charge in [-0.1, -0.05) is 6.42 Å². The molecule has 0 heterocycles. The van der Waals surface area contributed by atoms with Crippen molar-refractivity contribution in [2.24, 2.45) is 11.8 Å². The van der Waals surface area contributed by atoms with Gasteiger partial charge in [-0.3, -0.25) is 9.59 Å². The van der Waals surface area contributed by atoms with Crippen molar-refractivity contribution in [3.05, 3.63) is 0 Å². The van der Waals surface area contributed by atoms with Gasteiger partial charge in [0.05, 0.1) is 5.92 Å². The average Bonchev–Trinajstić information content (AvgIpc) is 1.96. The summed E-state index contributed by atoms with van der Waals surface area (Å²) in [6.45, 7) is 1.82. The third-order valence-corrected chi connectivity index (χ3v) is 2.76. The maximum atomic E-state index is 12.6. The summed E-state index contributed by atoms with van der Waals surface area (Å²) >= 11 is 0. The molecule has 1 rings (SSSR count). The van der Waals surface area contributed by atoms with Gasteiger partial charge in [0.2, 0.25) is 5.78 Å². The fourth-order valence-corrected chi connectivity index (χ4v) is 1.56. The van der Waals surface area contributed by atoms with E-state index in [1.54, 1.807) is 0 Å². The molecule has 1 atom stereocenters. The first-order chi connectivity index (χ1) is 6.34. The largest absolute Gasteiger partial charge is 0.303 e. The molecule has 1 saturated carbocycles. The highest BCUT2D eigenvalue weighted by molar-refractivity contribution is 6.05. The van der Waals surface area contributed by atoms with E-state index in [4.69, 9.17) is 0 Å². The molecule has 1 aliphatic carbocycles. The standard InChI is InChI=1S/C10H14F2O2/c1-6(9(14)10(2,11)12)8(13)7-4-3-5-7/h6-7H,3-5H2,1-2H3.